The Bertz CT molecular complexity index is 250. The molecule has 0 aliphatic carbocycles. The lowest BCUT2D eigenvalue weighted by Gasteiger charge is -2.04. The fraction of sp³-hybridized carbons (Fsp3) is 1.00. The maximum absolute atomic E-state index is 5.68. The molecule has 150 valence electrons. The van der Waals surface area contributed by atoms with Crippen LogP contribution >= 0.6 is 0 Å². The maximum Gasteiger partial charge on any atom is 0.0810 e. The number of hydrogen-bond acceptors (Lipinski definition) is 2. The number of rotatable bonds is 21. The lowest BCUT2D eigenvalue weighted by Crippen LogP contribution is -1.98. The highest BCUT2D eigenvalue weighted by atomic mass is 16.6. The van der Waals surface area contributed by atoms with Crippen molar-refractivity contribution in [1.29, 1.82) is 0 Å². The Labute approximate surface area is 158 Å². The van der Waals surface area contributed by atoms with Gasteiger partial charge in [-0.25, -0.2) is 0 Å². The summed E-state index contributed by atoms with van der Waals surface area (Å²) in [5.74, 6) is 0. The molecular weight excluding hydrogens is 308 g/mol. The van der Waals surface area contributed by atoms with Gasteiger partial charge in [0.1, 0.15) is 0 Å². The number of hydrogen-bond donors (Lipinski definition) is 0. The van der Waals surface area contributed by atoms with Crippen LogP contribution in [0.2, 0.25) is 0 Å². The van der Waals surface area contributed by atoms with Crippen molar-refractivity contribution >= 4 is 0 Å². The summed E-state index contributed by atoms with van der Waals surface area (Å²) in [6.45, 7) is 5.17. The molecule has 0 saturated carbocycles. The van der Waals surface area contributed by atoms with Crippen molar-refractivity contribution in [2.75, 3.05) is 19.8 Å². The highest BCUT2D eigenvalue weighted by molar-refractivity contribution is 4.67. The lowest BCUT2D eigenvalue weighted by molar-refractivity contribution is 0.124. The lowest BCUT2D eigenvalue weighted by atomic mass is 10.0. The number of ether oxygens (including phenoxy) is 2. The van der Waals surface area contributed by atoms with Crippen LogP contribution < -0.4 is 0 Å². The number of epoxide rings is 1. The van der Waals surface area contributed by atoms with E-state index in [1.54, 1.807) is 0 Å². The largest absolute Gasteiger partial charge is 0.381 e. The standard InChI is InChI=1S/C23H46O2/c1-2-3-4-5-6-7-8-9-10-11-12-13-14-15-16-17-20-24-21-18-19-23-22-25-23/h23H,2-22H2,1H3. The van der Waals surface area contributed by atoms with Crippen molar-refractivity contribution in [3.05, 3.63) is 0 Å². The molecule has 1 heterocycles. The molecule has 1 fully saturated rings. The van der Waals surface area contributed by atoms with E-state index in [1.807, 2.05) is 0 Å². The topological polar surface area (TPSA) is 21.8 Å². The summed E-state index contributed by atoms with van der Waals surface area (Å²) in [6, 6.07) is 0. The molecule has 0 N–H and O–H groups in total. The van der Waals surface area contributed by atoms with Crippen molar-refractivity contribution in [2.45, 2.75) is 129 Å². The van der Waals surface area contributed by atoms with Gasteiger partial charge in [0, 0.05) is 13.2 Å². The minimum Gasteiger partial charge on any atom is -0.381 e. The molecule has 25 heavy (non-hydrogen) atoms. The van der Waals surface area contributed by atoms with Crippen LogP contribution in [0.5, 0.6) is 0 Å². The quantitative estimate of drug-likeness (QED) is 0.158. The van der Waals surface area contributed by atoms with Crippen LogP contribution in [0.25, 0.3) is 0 Å². The van der Waals surface area contributed by atoms with Crippen LogP contribution in [0, 0.1) is 0 Å². The monoisotopic (exact) mass is 354 g/mol. The third-order valence-electron chi connectivity index (χ3n) is 5.36. The van der Waals surface area contributed by atoms with Gasteiger partial charge in [-0.15, -0.1) is 0 Å². The first kappa shape index (κ1) is 23.0. The van der Waals surface area contributed by atoms with Gasteiger partial charge in [-0.3, -0.25) is 0 Å². The Kier molecular flexibility index (Phi) is 17.2. The molecule has 2 heteroatoms. The highest BCUT2D eigenvalue weighted by Crippen LogP contribution is 2.15. The maximum atomic E-state index is 5.68. The SMILES string of the molecule is CCCCCCCCCCCCCCCCCCOCCCC1CO1. The van der Waals surface area contributed by atoms with E-state index < -0.39 is 0 Å². The van der Waals surface area contributed by atoms with Crippen molar-refractivity contribution < 1.29 is 9.47 Å². The smallest absolute Gasteiger partial charge is 0.0810 e. The molecule has 1 aliphatic heterocycles. The van der Waals surface area contributed by atoms with E-state index in [1.165, 1.54) is 116 Å². The molecule has 1 unspecified atom stereocenters. The van der Waals surface area contributed by atoms with E-state index in [4.69, 9.17) is 9.47 Å². The predicted molar refractivity (Wildman–Crippen MR) is 109 cm³/mol. The summed E-state index contributed by atoms with van der Waals surface area (Å²) >= 11 is 0. The molecule has 0 spiro atoms. The minimum atomic E-state index is 0.569. The van der Waals surface area contributed by atoms with Gasteiger partial charge in [-0.2, -0.15) is 0 Å². The minimum absolute atomic E-state index is 0.569. The zero-order valence-corrected chi connectivity index (χ0v) is 17.2. The van der Waals surface area contributed by atoms with Crippen molar-refractivity contribution in [3.8, 4) is 0 Å². The van der Waals surface area contributed by atoms with Crippen LogP contribution in [0.1, 0.15) is 122 Å². The fourth-order valence-corrected chi connectivity index (χ4v) is 3.50. The normalized spacial score (nSPS) is 16.4. The van der Waals surface area contributed by atoms with Crippen molar-refractivity contribution in [2.24, 2.45) is 0 Å². The van der Waals surface area contributed by atoms with Crippen LogP contribution in [0.3, 0.4) is 0 Å². The van der Waals surface area contributed by atoms with Gasteiger partial charge in [0.25, 0.3) is 0 Å². The highest BCUT2D eigenvalue weighted by Gasteiger charge is 2.20. The van der Waals surface area contributed by atoms with Crippen molar-refractivity contribution in [3.63, 3.8) is 0 Å². The molecular formula is C23H46O2. The molecule has 0 radical (unpaired) electrons. The van der Waals surface area contributed by atoms with Crippen molar-refractivity contribution in [1.82, 2.24) is 0 Å². The molecule has 0 aromatic heterocycles. The summed E-state index contributed by atoms with van der Waals surface area (Å²) in [5.41, 5.74) is 0. The van der Waals surface area contributed by atoms with Gasteiger partial charge >= 0.3 is 0 Å². The Balaban J connectivity index is 1.59. The molecule has 1 rings (SSSR count). The zero-order valence-electron chi connectivity index (χ0n) is 17.2. The average molecular weight is 355 g/mol. The second-order valence-electron chi connectivity index (χ2n) is 8.01. The van der Waals surface area contributed by atoms with Gasteiger partial charge in [-0.1, -0.05) is 103 Å². The molecule has 0 aromatic rings. The summed E-state index contributed by atoms with van der Waals surface area (Å²) in [5, 5.41) is 0. The van der Waals surface area contributed by atoms with Gasteiger partial charge in [0.15, 0.2) is 0 Å². The van der Waals surface area contributed by atoms with E-state index in [2.05, 4.69) is 6.92 Å². The first-order valence-electron chi connectivity index (χ1n) is 11.6. The van der Waals surface area contributed by atoms with Gasteiger partial charge < -0.3 is 9.47 Å². The summed E-state index contributed by atoms with van der Waals surface area (Å²) in [7, 11) is 0. The Morgan fingerprint density at radius 2 is 1.00 bits per heavy atom. The molecule has 0 amide bonds. The molecule has 1 atom stereocenters. The molecule has 0 bridgehead atoms. The van der Waals surface area contributed by atoms with E-state index in [9.17, 15) is 0 Å². The first-order valence-corrected chi connectivity index (χ1v) is 11.6. The third-order valence-corrected chi connectivity index (χ3v) is 5.36. The van der Waals surface area contributed by atoms with Crippen LogP contribution in [-0.2, 0) is 9.47 Å². The van der Waals surface area contributed by atoms with Crippen LogP contribution in [0.4, 0.5) is 0 Å². The summed E-state index contributed by atoms with van der Waals surface area (Å²) in [6.07, 6.45) is 25.8. The van der Waals surface area contributed by atoms with E-state index in [0.717, 1.165) is 19.8 Å². The third kappa shape index (κ3) is 18.5. The second kappa shape index (κ2) is 18.7. The van der Waals surface area contributed by atoms with E-state index in [-0.39, 0.29) is 0 Å². The summed E-state index contributed by atoms with van der Waals surface area (Å²) in [4.78, 5) is 0. The van der Waals surface area contributed by atoms with Gasteiger partial charge in [-0.05, 0) is 19.3 Å². The second-order valence-corrected chi connectivity index (χ2v) is 8.01. The first-order chi connectivity index (χ1) is 12.4. The van der Waals surface area contributed by atoms with Crippen LogP contribution in [-0.4, -0.2) is 25.9 Å². The Morgan fingerprint density at radius 1 is 0.600 bits per heavy atom. The van der Waals surface area contributed by atoms with Gasteiger partial charge in [0.2, 0.25) is 0 Å². The Morgan fingerprint density at radius 3 is 1.44 bits per heavy atom. The predicted octanol–water partition coefficient (Wildman–Crippen LogP) is 7.44. The molecule has 0 aromatic carbocycles. The number of unbranched alkanes of at least 4 members (excludes halogenated alkanes) is 15. The van der Waals surface area contributed by atoms with E-state index >= 15 is 0 Å². The van der Waals surface area contributed by atoms with Gasteiger partial charge in [0.05, 0.1) is 12.7 Å². The molecule has 1 saturated heterocycles. The fourth-order valence-electron chi connectivity index (χ4n) is 3.50. The summed E-state index contributed by atoms with van der Waals surface area (Å²) < 4.78 is 10.9. The Hall–Kier alpha value is -0.0800. The van der Waals surface area contributed by atoms with Crippen LogP contribution in [0.15, 0.2) is 0 Å². The zero-order chi connectivity index (χ0) is 17.8. The average Bonchev–Trinajstić information content (AvgIpc) is 3.44. The molecule has 2 nitrogen and oxygen atoms in total. The van der Waals surface area contributed by atoms with E-state index in [0.29, 0.717) is 6.10 Å². The molecule has 1 aliphatic rings.